The van der Waals surface area contributed by atoms with Crippen molar-refractivity contribution < 1.29 is 9.53 Å². The van der Waals surface area contributed by atoms with Crippen molar-refractivity contribution in [1.29, 1.82) is 0 Å². The van der Waals surface area contributed by atoms with Gasteiger partial charge >= 0.3 is 0 Å². The van der Waals surface area contributed by atoms with Gasteiger partial charge in [-0.25, -0.2) is 0 Å². The summed E-state index contributed by atoms with van der Waals surface area (Å²) in [7, 11) is 1.64. The molecule has 19 heavy (non-hydrogen) atoms. The van der Waals surface area contributed by atoms with Crippen LogP contribution in [-0.4, -0.2) is 25.6 Å². The van der Waals surface area contributed by atoms with Crippen molar-refractivity contribution in [2.45, 2.75) is 32.9 Å². The fourth-order valence-electron chi connectivity index (χ4n) is 1.83. The minimum atomic E-state index is -0.226. The van der Waals surface area contributed by atoms with Crippen LogP contribution in [0.1, 0.15) is 32.4 Å². The fourth-order valence-corrected chi connectivity index (χ4v) is 2.38. The molecule has 0 saturated heterocycles. The summed E-state index contributed by atoms with van der Waals surface area (Å²) in [5.74, 6) is 0.814. The summed E-state index contributed by atoms with van der Waals surface area (Å²) >= 11 is 3.46. The van der Waals surface area contributed by atoms with Crippen LogP contribution in [0, 0.1) is 0 Å². The van der Waals surface area contributed by atoms with E-state index in [1.54, 1.807) is 7.11 Å². The van der Waals surface area contributed by atoms with E-state index in [0.717, 1.165) is 15.8 Å². The Hall–Kier alpha value is -1.07. The molecule has 1 rings (SSSR count). The monoisotopic (exact) mass is 328 g/mol. The number of benzene rings is 1. The van der Waals surface area contributed by atoms with E-state index >= 15 is 0 Å². The first kappa shape index (κ1) is 16.0. The lowest BCUT2D eigenvalue weighted by Gasteiger charge is -2.20. The average Bonchev–Trinajstić information content (AvgIpc) is 2.38. The Morgan fingerprint density at radius 2 is 2.11 bits per heavy atom. The minimum absolute atomic E-state index is 0.0157. The molecule has 0 unspecified atom stereocenters. The van der Waals surface area contributed by atoms with E-state index in [-0.39, 0.29) is 18.0 Å². The molecule has 2 atom stereocenters. The number of rotatable bonds is 6. The van der Waals surface area contributed by atoms with Gasteiger partial charge in [0.1, 0.15) is 5.75 Å². The molecule has 0 aliphatic carbocycles. The molecule has 5 heteroatoms. The van der Waals surface area contributed by atoms with Crippen LogP contribution >= 0.6 is 15.9 Å². The van der Waals surface area contributed by atoms with E-state index < -0.39 is 0 Å². The molecule has 0 radical (unpaired) electrons. The molecule has 106 valence electrons. The Labute approximate surface area is 123 Å². The highest BCUT2D eigenvalue weighted by atomic mass is 79.9. The topological polar surface area (TPSA) is 50.4 Å². The van der Waals surface area contributed by atoms with Gasteiger partial charge in [0.25, 0.3) is 0 Å². The van der Waals surface area contributed by atoms with Crippen molar-refractivity contribution >= 4 is 21.8 Å². The quantitative estimate of drug-likeness (QED) is 0.844. The molecule has 0 bridgehead atoms. The third-order valence-corrected chi connectivity index (χ3v) is 3.54. The van der Waals surface area contributed by atoms with Gasteiger partial charge < -0.3 is 10.1 Å². The highest BCUT2D eigenvalue weighted by Gasteiger charge is 2.16. The Morgan fingerprint density at radius 3 is 2.63 bits per heavy atom. The van der Waals surface area contributed by atoms with Gasteiger partial charge in [-0.1, -0.05) is 6.07 Å². The molecular formula is C14H21BrN2O2. The molecule has 0 spiro atoms. The largest absolute Gasteiger partial charge is 0.496 e. The number of hydrogen-bond acceptors (Lipinski definition) is 3. The fraction of sp³-hybridized carbons (Fsp3) is 0.500. The van der Waals surface area contributed by atoms with Gasteiger partial charge in [0.05, 0.1) is 17.6 Å². The standard InChI is InChI=1S/C14H21BrN2O2/c1-5-16-14(18)10(3)17-9(2)11-6-7-13(19-4)12(15)8-11/h6-10,17H,5H2,1-4H3,(H,16,18)/t9-,10-/m0/s1. The van der Waals surface area contributed by atoms with Gasteiger partial charge in [-0.05, 0) is 54.4 Å². The molecule has 1 aromatic carbocycles. The van der Waals surface area contributed by atoms with E-state index in [2.05, 4.69) is 26.6 Å². The third-order valence-electron chi connectivity index (χ3n) is 2.92. The average molecular weight is 329 g/mol. The van der Waals surface area contributed by atoms with Crippen molar-refractivity contribution in [2.75, 3.05) is 13.7 Å². The van der Waals surface area contributed by atoms with Crippen LogP contribution in [-0.2, 0) is 4.79 Å². The number of methoxy groups -OCH3 is 1. The summed E-state index contributed by atoms with van der Waals surface area (Å²) in [5.41, 5.74) is 1.10. The van der Waals surface area contributed by atoms with Crippen LogP contribution < -0.4 is 15.4 Å². The normalized spacial score (nSPS) is 13.7. The van der Waals surface area contributed by atoms with Gasteiger partial charge in [-0.15, -0.1) is 0 Å². The Bertz CT molecular complexity index is 437. The SMILES string of the molecule is CCNC(=O)[C@H](C)N[C@@H](C)c1ccc(OC)c(Br)c1. The van der Waals surface area contributed by atoms with Crippen molar-refractivity contribution in [2.24, 2.45) is 0 Å². The maximum absolute atomic E-state index is 11.7. The lowest BCUT2D eigenvalue weighted by molar-refractivity contribution is -0.122. The predicted molar refractivity (Wildman–Crippen MR) is 80.4 cm³/mol. The van der Waals surface area contributed by atoms with Crippen LogP contribution in [0.4, 0.5) is 0 Å². The molecule has 0 aromatic heterocycles. The lowest BCUT2D eigenvalue weighted by atomic mass is 10.1. The zero-order valence-corrected chi connectivity index (χ0v) is 13.4. The van der Waals surface area contributed by atoms with Crippen molar-refractivity contribution in [3.05, 3.63) is 28.2 Å². The number of hydrogen-bond donors (Lipinski definition) is 2. The van der Waals surface area contributed by atoms with E-state index in [4.69, 9.17) is 4.74 Å². The van der Waals surface area contributed by atoms with E-state index in [1.807, 2.05) is 39.0 Å². The Kier molecular flexibility index (Phi) is 6.31. The Balaban J connectivity index is 2.70. The first-order valence-electron chi connectivity index (χ1n) is 6.36. The van der Waals surface area contributed by atoms with Crippen molar-refractivity contribution in [3.63, 3.8) is 0 Å². The molecule has 4 nitrogen and oxygen atoms in total. The second kappa shape index (κ2) is 7.50. The molecule has 0 aliphatic heterocycles. The van der Waals surface area contributed by atoms with Crippen molar-refractivity contribution in [3.8, 4) is 5.75 Å². The first-order chi connectivity index (χ1) is 8.99. The molecule has 0 saturated carbocycles. The number of carbonyl (C=O) groups excluding carboxylic acids is 1. The summed E-state index contributed by atoms with van der Waals surface area (Å²) < 4.78 is 6.11. The summed E-state index contributed by atoms with van der Waals surface area (Å²) in [6.07, 6.45) is 0. The van der Waals surface area contributed by atoms with Gasteiger partial charge in [-0.3, -0.25) is 10.1 Å². The smallest absolute Gasteiger partial charge is 0.236 e. The van der Waals surface area contributed by atoms with Gasteiger partial charge in [0, 0.05) is 12.6 Å². The van der Waals surface area contributed by atoms with E-state index in [1.165, 1.54) is 0 Å². The number of carbonyl (C=O) groups is 1. The number of amides is 1. The minimum Gasteiger partial charge on any atom is -0.496 e. The second-order valence-electron chi connectivity index (χ2n) is 4.40. The number of nitrogens with one attached hydrogen (secondary N) is 2. The number of halogens is 1. The molecule has 0 heterocycles. The predicted octanol–water partition coefficient (Wildman–Crippen LogP) is 2.63. The number of likely N-dealkylation sites (N-methyl/N-ethyl adjacent to an activating group) is 1. The third kappa shape index (κ3) is 4.51. The second-order valence-corrected chi connectivity index (χ2v) is 5.25. The van der Waals surface area contributed by atoms with Crippen LogP contribution in [0.2, 0.25) is 0 Å². The molecule has 1 amide bonds. The zero-order chi connectivity index (χ0) is 14.4. The van der Waals surface area contributed by atoms with Gasteiger partial charge in [-0.2, -0.15) is 0 Å². The first-order valence-corrected chi connectivity index (χ1v) is 7.16. The zero-order valence-electron chi connectivity index (χ0n) is 11.8. The summed E-state index contributed by atoms with van der Waals surface area (Å²) in [6.45, 7) is 6.45. The van der Waals surface area contributed by atoms with Gasteiger partial charge in [0.2, 0.25) is 5.91 Å². The highest BCUT2D eigenvalue weighted by molar-refractivity contribution is 9.10. The van der Waals surface area contributed by atoms with Crippen LogP contribution in [0.15, 0.2) is 22.7 Å². The summed E-state index contributed by atoms with van der Waals surface area (Å²) in [5, 5.41) is 6.07. The highest BCUT2D eigenvalue weighted by Crippen LogP contribution is 2.28. The summed E-state index contributed by atoms with van der Waals surface area (Å²) in [6, 6.07) is 5.76. The maximum atomic E-state index is 11.7. The van der Waals surface area contributed by atoms with Crippen LogP contribution in [0.3, 0.4) is 0 Å². The Morgan fingerprint density at radius 1 is 1.42 bits per heavy atom. The molecule has 2 N–H and O–H groups in total. The van der Waals surface area contributed by atoms with E-state index in [0.29, 0.717) is 6.54 Å². The molecule has 0 aliphatic rings. The lowest BCUT2D eigenvalue weighted by Crippen LogP contribution is -2.43. The summed E-state index contributed by atoms with van der Waals surface area (Å²) in [4.78, 5) is 11.7. The molecule has 0 fully saturated rings. The van der Waals surface area contributed by atoms with E-state index in [9.17, 15) is 4.79 Å². The number of ether oxygens (including phenoxy) is 1. The van der Waals surface area contributed by atoms with Crippen molar-refractivity contribution in [1.82, 2.24) is 10.6 Å². The van der Waals surface area contributed by atoms with Crippen LogP contribution in [0.25, 0.3) is 0 Å². The molecule has 1 aromatic rings. The van der Waals surface area contributed by atoms with Gasteiger partial charge in [0.15, 0.2) is 0 Å². The maximum Gasteiger partial charge on any atom is 0.236 e. The molecular weight excluding hydrogens is 308 g/mol. The van der Waals surface area contributed by atoms with Crippen LogP contribution in [0.5, 0.6) is 5.75 Å².